The van der Waals surface area contributed by atoms with Crippen LogP contribution in [0.25, 0.3) is 0 Å². The van der Waals surface area contributed by atoms with Crippen LogP contribution in [0.3, 0.4) is 0 Å². The summed E-state index contributed by atoms with van der Waals surface area (Å²) in [5.41, 5.74) is -1.30. The summed E-state index contributed by atoms with van der Waals surface area (Å²) in [6, 6.07) is 4.63. The molecule has 37 heavy (non-hydrogen) atoms. The normalized spacial score (nSPS) is 21.2. The van der Waals surface area contributed by atoms with E-state index in [2.05, 4.69) is 20.5 Å². The van der Waals surface area contributed by atoms with Crippen LogP contribution in [0, 0.1) is 0 Å². The van der Waals surface area contributed by atoms with Crippen LogP contribution in [0.15, 0.2) is 30.5 Å². The van der Waals surface area contributed by atoms with Gasteiger partial charge in [-0.15, -0.1) is 0 Å². The Morgan fingerprint density at radius 3 is 2.49 bits per heavy atom. The van der Waals surface area contributed by atoms with Gasteiger partial charge in [-0.1, -0.05) is 17.4 Å². The van der Waals surface area contributed by atoms with Crippen molar-refractivity contribution >= 4 is 23.2 Å². The highest BCUT2D eigenvalue weighted by molar-refractivity contribution is 7.13. The van der Waals surface area contributed by atoms with E-state index in [1.165, 1.54) is 17.0 Å². The number of rotatable bonds is 7. The lowest BCUT2D eigenvalue weighted by Crippen LogP contribution is -2.63. The molecule has 1 aliphatic heterocycles. The molecule has 0 radical (unpaired) electrons. The van der Waals surface area contributed by atoms with E-state index in [1.807, 2.05) is 27.0 Å². The predicted octanol–water partition coefficient (Wildman–Crippen LogP) is 4.60. The lowest BCUT2D eigenvalue weighted by atomic mass is 9.83. The van der Waals surface area contributed by atoms with Gasteiger partial charge in [-0.05, 0) is 70.6 Å². The molecule has 1 aromatic carbocycles. The first-order valence-electron chi connectivity index (χ1n) is 12.5. The molecule has 2 amide bonds. The molecule has 2 N–H and O–H groups in total. The number of hydrogen-bond donors (Lipinski definition) is 2. The van der Waals surface area contributed by atoms with Crippen molar-refractivity contribution in [3.05, 3.63) is 46.5 Å². The standard InChI is InChI=1S/C26H33F3N4O3S/c1-25(2,3)36-24-31-12-21(37-24)16-7-9-20(10-8-16)33-14-19(15-33)32-22(34)13-30-23(35)17-5-4-6-18(11-17)26(27,28)29/h4-6,11-12,16,19-20H,7-10,13-15H2,1-3H3,(H,30,35)(H,32,34). The van der Waals surface area contributed by atoms with E-state index in [9.17, 15) is 22.8 Å². The number of benzene rings is 1. The Morgan fingerprint density at radius 1 is 1.14 bits per heavy atom. The van der Waals surface area contributed by atoms with Crippen LogP contribution < -0.4 is 15.4 Å². The number of amides is 2. The van der Waals surface area contributed by atoms with Crippen LogP contribution in [0.2, 0.25) is 0 Å². The number of ether oxygens (including phenoxy) is 1. The first kappa shape index (κ1) is 27.4. The highest BCUT2D eigenvalue weighted by Crippen LogP contribution is 2.40. The second-order valence-corrected chi connectivity index (χ2v) is 11.8. The maximum absolute atomic E-state index is 12.8. The maximum Gasteiger partial charge on any atom is 0.416 e. The summed E-state index contributed by atoms with van der Waals surface area (Å²) in [7, 11) is 0. The van der Waals surface area contributed by atoms with Crippen molar-refractivity contribution in [3.8, 4) is 5.19 Å². The van der Waals surface area contributed by atoms with Gasteiger partial charge in [0.15, 0.2) is 0 Å². The number of aromatic nitrogens is 1. The van der Waals surface area contributed by atoms with Crippen molar-refractivity contribution in [2.75, 3.05) is 19.6 Å². The lowest BCUT2D eigenvalue weighted by Gasteiger charge is -2.46. The van der Waals surface area contributed by atoms with E-state index in [4.69, 9.17) is 4.74 Å². The minimum atomic E-state index is -4.53. The molecular formula is C26H33F3N4O3S. The van der Waals surface area contributed by atoms with Gasteiger partial charge in [-0.25, -0.2) is 4.98 Å². The summed E-state index contributed by atoms with van der Waals surface area (Å²) in [6.07, 6.45) is 1.78. The molecule has 2 heterocycles. The molecule has 2 aliphatic rings. The van der Waals surface area contributed by atoms with E-state index >= 15 is 0 Å². The Labute approximate surface area is 218 Å². The molecule has 0 bridgehead atoms. The second-order valence-electron chi connectivity index (χ2n) is 10.7. The third-order valence-corrected chi connectivity index (χ3v) is 7.69. The van der Waals surface area contributed by atoms with E-state index in [0.717, 1.165) is 56.1 Å². The molecule has 2 aromatic rings. The van der Waals surface area contributed by atoms with Gasteiger partial charge in [0, 0.05) is 35.8 Å². The van der Waals surface area contributed by atoms with Crippen LogP contribution in [-0.4, -0.2) is 59.0 Å². The molecule has 1 saturated carbocycles. The fraction of sp³-hybridized carbons (Fsp3) is 0.577. The number of nitrogens with one attached hydrogen (secondary N) is 2. The number of hydrogen-bond acceptors (Lipinski definition) is 6. The van der Waals surface area contributed by atoms with Crippen LogP contribution in [0.5, 0.6) is 5.19 Å². The molecule has 2 fully saturated rings. The zero-order valence-corrected chi connectivity index (χ0v) is 22.0. The zero-order valence-electron chi connectivity index (χ0n) is 21.2. The first-order valence-corrected chi connectivity index (χ1v) is 13.3. The summed E-state index contributed by atoms with van der Waals surface area (Å²) in [5, 5.41) is 6.00. The Hall–Kier alpha value is -2.66. The predicted molar refractivity (Wildman–Crippen MR) is 135 cm³/mol. The summed E-state index contributed by atoms with van der Waals surface area (Å²) >= 11 is 1.64. The van der Waals surface area contributed by atoms with Gasteiger partial charge < -0.3 is 15.4 Å². The summed E-state index contributed by atoms with van der Waals surface area (Å²) in [6.45, 7) is 7.27. The minimum absolute atomic E-state index is 0.00860. The minimum Gasteiger partial charge on any atom is -0.464 e. The molecule has 1 aliphatic carbocycles. The molecule has 0 unspecified atom stereocenters. The van der Waals surface area contributed by atoms with E-state index < -0.39 is 17.6 Å². The zero-order chi connectivity index (χ0) is 26.8. The molecular weight excluding hydrogens is 505 g/mol. The van der Waals surface area contributed by atoms with Gasteiger partial charge in [-0.3, -0.25) is 14.5 Å². The average Bonchev–Trinajstić information content (AvgIpc) is 3.26. The topological polar surface area (TPSA) is 83.6 Å². The highest BCUT2D eigenvalue weighted by Gasteiger charge is 2.36. The van der Waals surface area contributed by atoms with Gasteiger partial charge in [0.2, 0.25) is 5.91 Å². The molecule has 0 spiro atoms. The van der Waals surface area contributed by atoms with E-state index in [0.29, 0.717) is 12.0 Å². The summed E-state index contributed by atoms with van der Waals surface area (Å²) in [5.74, 6) is -0.568. The van der Waals surface area contributed by atoms with Crippen molar-refractivity contribution in [2.24, 2.45) is 0 Å². The number of alkyl halides is 3. The number of halogens is 3. The Balaban J connectivity index is 1.15. The molecule has 1 saturated heterocycles. The molecule has 4 rings (SSSR count). The highest BCUT2D eigenvalue weighted by atomic mass is 32.1. The SMILES string of the molecule is CC(C)(C)Oc1ncc(C2CCC(N3CC(NC(=O)CNC(=O)c4cccc(C(F)(F)F)c4)C3)CC2)s1. The molecule has 1 aromatic heterocycles. The maximum atomic E-state index is 12.8. The number of nitrogens with zero attached hydrogens (tertiary/aromatic N) is 2. The Bertz CT molecular complexity index is 1100. The number of likely N-dealkylation sites (tertiary alicyclic amines) is 1. The van der Waals surface area contributed by atoms with Crippen LogP contribution >= 0.6 is 11.3 Å². The lowest BCUT2D eigenvalue weighted by molar-refractivity contribution is -0.137. The second kappa shape index (κ2) is 11.0. The van der Waals surface area contributed by atoms with E-state index in [-0.39, 0.29) is 29.7 Å². The van der Waals surface area contributed by atoms with Gasteiger partial charge in [0.25, 0.3) is 11.1 Å². The van der Waals surface area contributed by atoms with Gasteiger partial charge >= 0.3 is 6.18 Å². The fourth-order valence-corrected chi connectivity index (χ4v) is 5.88. The molecule has 0 atom stereocenters. The Kier molecular flexibility index (Phi) is 8.13. The van der Waals surface area contributed by atoms with Crippen molar-refractivity contribution in [1.29, 1.82) is 0 Å². The largest absolute Gasteiger partial charge is 0.464 e. The molecule has 7 nitrogen and oxygen atoms in total. The molecule has 202 valence electrons. The number of thiazole rings is 1. The quantitative estimate of drug-likeness (QED) is 0.539. The van der Waals surface area contributed by atoms with Crippen molar-refractivity contribution in [2.45, 2.75) is 76.2 Å². The van der Waals surface area contributed by atoms with Crippen LogP contribution in [0.1, 0.15) is 73.2 Å². The number of carbonyl (C=O) groups excluding carboxylic acids is 2. The van der Waals surface area contributed by atoms with Gasteiger partial charge in [0.1, 0.15) is 5.60 Å². The van der Waals surface area contributed by atoms with Crippen molar-refractivity contribution < 1.29 is 27.5 Å². The third-order valence-electron chi connectivity index (χ3n) is 6.65. The third kappa shape index (κ3) is 7.44. The average molecular weight is 539 g/mol. The summed E-state index contributed by atoms with van der Waals surface area (Å²) < 4.78 is 44.4. The first-order chi connectivity index (χ1) is 17.4. The molecule has 11 heteroatoms. The van der Waals surface area contributed by atoms with Crippen molar-refractivity contribution in [3.63, 3.8) is 0 Å². The van der Waals surface area contributed by atoms with E-state index in [1.54, 1.807) is 11.3 Å². The van der Waals surface area contributed by atoms with Crippen LogP contribution in [0.4, 0.5) is 13.2 Å². The number of carbonyl (C=O) groups is 2. The Morgan fingerprint density at radius 2 is 1.84 bits per heavy atom. The van der Waals surface area contributed by atoms with Crippen LogP contribution in [-0.2, 0) is 11.0 Å². The van der Waals surface area contributed by atoms with Crippen molar-refractivity contribution in [1.82, 2.24) is 20.5 Å². The summed E-state index contributed by atoms with van der Waals surface area (Å²) in [4.78, 5) is 32.5. The fourth-order valence-electron chi connectivity index (χ4n) is 4.77. The monoisotopic (exact) mass is 538 g/mol. The van der Waals surface area contributed by atoms with Gasteiger partial charge in [0.05, 0.1) is 18.2 Å². The van der Waals surface area contributed by atoms with Gasteiger partial charge in [-0.2, -0.15) is 13.2 Å². The smallest absolute Gasteiger partial charge is 0.416 e.